The second kappa shape index (κ2) is 10.8. The van der Waals surface area contributed by atoms with Crippen LogP contribution in [0.2, 0.25) is 0 Å². The molecule has 0 aromatic rings. The highest BCUT2D eigenvalue weighted by molar-refractivity contribution is 6.04. The Kier molecular flexibility index (Phi) is 10.3. The molecule has 0 unspecified atom stereocenters. The van der Waals surface area contributed by atoms with Crippen molar-refractivity contribution in [2.75, 3.05) is 0 Å². The Hall–Kier alpha value is -1.14. The number of rotatable bonds is 12. The number of aliphatic hydroxyl groups is 2. The van der Waals surface area contributed by atoms with Crippen LogP contribution in [0.15, 0.2) is 0 Å². The fourth-order valence-corrected chi connectivity index (χ4v) is 3.97. The average molecular weight is 415 g/mol. The van der Waals surface area contributed by atoms with E-state index < -0.39 is 40.5 Å². The summed E-state index contributed by atoms with van der Waals surface area (Å²) < 4.78 is 0. The molecular formula is C23H46N2O4. The minimum Gasteiger partial charge on any atom is -0.388 e. The predicted octanol–water partition coefficient (Wildman–Crippen LogP) is 3.40. The first-order valence-corrected chi connectivity index (χ1v) is 11.2. The van der Waals surface area contributed by atoms with Gasteiger partial charge in [0.2, 0.25) is 11.8 Å². The SMILES string of the molecule is CCC(O)(CC)[C@H](NC(=O)C(C)(C)C(=O)N[C@H](C(C)C)C(O)(CC)CC)C(C)C. The number of amides is 2. The van der Waals surface area contributed by atoms with Gasteiger partial charge in [-0.25, -0.2) is 0 Å². The lowest BCUT2D eigenvalue weighted by atomic mass is 9.79. The molecule has 0 heterocycles. The first-order valence-electron chi connectivity index (χ1n) is 11.2. The van der Waals surface area contributed by atoms with E-state index in [0.29, 0.717) is 25.7 Å². The molecule has 0 aliphatic carbocycles. The van der Waals surface area contributed by atoms with Crippen LogP contribution in [0.3, 0.4) is 0 Å². The number of carbonyl (C=O) groups is 2. The van der Waals surface area contributed by atoms with Gasteiger partial charge in [-0.2, -0.15) is 0 Å². The predicted molar refractivity (Wildman–Crippen MR) is 118 cm³/mol. The van der Waals surface area contributed by atoms with Crippen LogP contribution in [0.25, 0.3) is 0 Å². The summed E-state index contributed by atoms with van der Waals surface area (Å²) in [7, 11) is 0. The van der Waals surface area contributed by atoms with E-state index in [4.69, 9.17) is 0 Å². The summed E-state index contributed by atoms with van der Waals surface area (Å²) in [5, 5.41) is 27.8. The molecule has 0 rings (SSSR count). The Balaban J connectivity index is 5.64. The van der Waals surface area contributed by atoms with E-state index in [1.807, 2.05) is 55.4 Å². The Morgan fingerprint density at radius 1 is 0.690 bits per heavy atom. The third-order valence-electron chi connectivity index (χ3n) is 6.65. The third kappa shape index (κ3) is 6.42. The van der Waals surface area contributed by atoms with Crippen LogP contribution in [0.1, 0.15) is 94.9 Å². The van der Waals surface area contributed by atoms with E-state index in [9.17, 15) is 19.8 Å². The molecule has 0 saturated heterocycles. The van der Waals surface area contributed by atoms with Gasteiger partial charge >= 0.3 is 0 Å². The van der Waals surface area contributed by atoms with Crippen molar-refractivity contribution in [3.05, 3.63) is 0 Å². The molecule has 0 aliphatic rings. The van der Waals surface area contributed by atoms with Crippen LogP contribution < -0.4 is 10.6 Å². The minimum atomic E-state index is -1.34. The second-order valence-corrected chi connectivity index (χ2v) is 9.64. The molecule has 172 valence electrons. The van der Waals surface area contributed by atoms with E-state index in [0.717, 1.165) is 0 Å². The van der Waals surface area contributed by atoms with Gasteiger partial charge in [-0.15, -0.1) is 0 Å². The van der Waals surface area contributed by atoms with Gasteiger partial charge in [0.1, 0.15) is 5.41 Å². The van der Waals surface area contributed by atoms with Gasteiger partial charge in [0, 0.05) is 0 Å². The first kappa shape index (κ1) is 27.9. The van der Waals surface area contributed by atoms with Gasteiger partial charge in [-0.1, -0.05) is 55.4 Å². The number of carbonyl (C=O) groups excluding carboxylic acids is 2. The highest BCUT2D eigenvalue weighted by atomic mass is 16.3. The summed E-state index contributed by atoms with van der Waals surface area (Å²) in [5.74, 6) is -0.825. The van der Waals surface area contributed by atoms with Crippen LogP contribution >= 0.6 is 0 Å². The van der Waals surface area contributed by atoms with Crippen molar-refractivity contribution in [2.45, 2.75) is 118 Å². The maximum atomic E-state index is 13.1. The summed E-state index contributed by atoms with van der Waals surface area (Å²) in [6, 6.07) is -0.914. The molecule has 0 radical (unpaired) electrons. The zero-order valence-corrected chi connectivity index (χ0v) is 20.3. The van der Waals surface area contributed by atoms with Gasteiger partial charge in [-0.3, -0.25) is 9.59 Å². The molecule has 0 aliphatic heterocycles. The second-order valence-electron chi connectivity index (χ2n) is 9.64. The fourth-order valence-electron chi connectivity index (χ4n) is 3.97. The number of hydrogen-bond acceptors (Lipinski definition) is 4. The van der Waals surface area contributed by atoms with E-state index in [1.54, 1.807) is 13.8 Å². The Bertz CT molecular complexity index is 489. The molecule has 0 saturated carbocycles. The van der Waals surface area contributed by atoms with Crippen LogP contribution in [-0.2, 0) is 9.59 Å². The summed E-state index contributed by atoms with van der Waals surface area (Å²) in [6.45, 7) is 18.5. The van der Waals surface area contributed by atoms with Gasteiger partial charge < -0.3 is 20.8 Å². The highest BCUT2D eigenvalue weighted by Gasteiger charge is 2.45. The van der Waals surface area contributed by atoms with E-state index >= 15 is 0 Å². The summed E-state index contributed by atoms with van der Waals surface area (Å²) in [6.07, 6.45) is 2.03. The minimum absolute atomic E-state index is 0.0106. The molecular weight excluding hydrogens is 368 g/mol. The van der Waals surface area contributed by atoms with Gasteiger partial charge in [0.15, 0.2) is 0 Å². The highest BCUT2D eigenvalue weighted by Crippen LogP contribution is 2.29. The fraction of sp³-hybridized carbons (Fsp3) is 0.913. The van der Waals surface area contributed by atoms with Crippen LogP contribution in [-0.4, -0.2) is 45.3 Å². The van der Waals surface area contributed by atoms with Gasteiger partial charge in [0.05, 0.1) is 23.3 Å². The smallest absolute Gasteiger partial charge is 0.235 e. The van der Waals surface area contributed by atoms with E-state index in [-0.39, 0.29) is 11.8 Å². The first-order chi connectivity index (χ1) is 13.2. The van der Waals surface area contributed by atoms with Gasteiger partial charge in [-0.05, 0) is 51.4 Å². The molecule has 0 spiro atoms. The topological polar surface area (TPSA) is 98.7 Å². The van der Waals surface area contributed by atoms with Crippen molar-refractivity contribution in [3.8, 4) is 0 Å². The maximum absolute atomic E-state index is 13.1. The van der Waals surface area contributed by atoms with Crippen LogP contribution in [0, 0.1) is 17.3 Å². The monoisotopic (exact) mass is 414 g/mol. The molecule has 4 N–H and O–H groups in total. The Morgan fingerprint density at radius 3 is 1.10 bits per heavy atom. The van der Waals surface area contributed by atoms with Crippen molar-refractivity contribution in [1.82, 2.24) is 10.6 Å². The largest absolute Gasteiger partial charge is 0.388 e. The van der Waals surface area contributed by atoms with Crippen molar-refractivity contribution >= 4 is 11.8 Å². The average Bonchev–Trinajstić information content (AvgIpc) is 2.67. The normalized spacial score (nSPS) is 15.4. The van der Waals surface area contributed by atoms with Crippen LogP contribution in [0.5, 0.6) is 0 Å². The molecule has 0 fully saturated rings. The molecule has 6 nitrogen and oxygen atoms in total. The Labute approximate surface area is 178 Å². The number of hydrogen-bond donors (Lipinski definition) is 4. The molecule has 0 aromatic heterocycles. The molecule has 0 bridgehead atoms. The lowest BCUT2D eigenvalue weighted by molar-refractivity contribution is -0.146. The third-order valence-corrected chi connectivity index (χ3v) is 6.65. The standard InChI is InChI=1S/C23H46N2O4/c1-11-22(28,12-2)17(15(5)6)24-19(26)21(9,10)20(27)25-18(16(7)8)23(29,13-3)14-4/h15-18,28-29H,11-14H2,1-10H3,(H,24,26)(H,25,27)/t17-,18-/m1/s1. The molecule has 6 heteroatoms. The quantitative estimate of drug-likeness (QED) is 0.368. The van der Waals surface area contributed by atoms with E-state index in [2.05, 4.69) is 10.6 Å². The molecule has 29 heavy (non-hydrogen) atoms. The van der Waals surface area contributed by atoms with Crippen molar-refractivity contribution in [1.29, 1.82) is 0 Å². The Morgan fingerprint density at radius 2 is 0.931 bits per heavy atom. The summed E-state index contributed by atoms with van der Waals surface area (Å²) in [4.78, 5) is 26.2. The summed E-state index contributed by atoms with van der Waals surface area (Å²) >= 11 is 0. The lowest BCUT2D eigenvalue weighted by Gasteiger charge is -2.41. The van der Waals surface area contributed by atoms with Crippen molar-refractivity contribution in [2.24, 2.45) is 17.3 Å². The molecule has 0 aromatic carbocycles. The zero-order chi connectivity index (χ0) is 23.2. The summed E-state index contributed by atoms with van der Waals surface area (Å²) in [5.41, 5.74) is -3.39. The van der Waals surface area contributed by atoms with Crippen molar-refractivity contribution < 1.29 is 19.8 Å². The maximum Gasteiger partial charge on any atom is 0.235 e. The lowest BCUT2D eigenvalue weighted by Crippen LogP contribution is -2.62. The van der Waals surface area contributed by atoms with Crippen molar-refractivity contribution in [3.63, 3.8) is 0 Å². The molecule has 2 atom stereocenters. The van der Waals surface area contributed by atoms with Gasteiger partial charge in [0.25, 0.3) is 0 Å². The van der Waals surface area contributed by atoms with Crippen LogP contribution in [0.4, 0.5) is 0 Å². The number of nitrogens with one attached hydrogen (secondary N) is 2. The zero-order valence-electron chi connectivity index (χ0n) is 20.3. The molecule has 2 amide bonds. The van der Waals surface area contributed by atoms with E-state index in [1.165, 1.54) is 0 Å².